The summed E-state index contributed by atoms with van der Waals surface area (Å²) < 4.78 is 0. The molecule has 4 rings (SSSR count). The molecular formula is C21H24N4O. The summed E-state index contributed by atoms with van der Waals surface area (Å²) >= 11 is 0. The van der Waals surface area contributed by atoms with Crippen LogP contribution in [0.3, 0.4) is 0 Å². The van der Waals surface area contributed by atoms with Gasteiger partial charge in [0.25, 0.3) is 5.91 Å². The zero-order valence-corrected chi connectivity index (χ0v) is 15.0. The van der Waals surface area contributed by atoms with Crippen LogP contribution in [0.1, 0.15) is 34.3 Å². The Bertz CT molecular complexity index is 909. The molecule has 1 aromatic carbocycles. The Morgan fingerprint density at radius 2 is 2.15 bits per heavy atom. The Morgan fingerprint density at radius 3 is 2.92 bits per heavy atom. The summed E-state index contributed by atoms with van der Waals surface area (Å²) in [7, 11) is 0. The van der Waals surface area contributed by atoms with Crippen LogP contribution in [0.4, 0.5) is 5.82 Å². The molecular weight excluding hydrogens is 324 g/mol. The van der Waals surface area contributed by atoms with Gasteiger partial charge in [-0.15, -0.1) is 0 Å². The van der Waals surface area contributed by atoms with Crippen LogP contribution in [0, 0.1) is 12.8 Å². The van der Waals surface area contributed by atoms with Gasteiger partial charge < -0.3 is 15.6 Å². The smallest absolute Gasteiger partial charge is 0.252 e. The van der Waals surface area contributed by atoms with E-state index in [2.05, 4.69) is 45.7 Å². The third-order valence-corrected chi connectivity index (χ3v) is 4.90. The van der Waals surface area contributed by atoms with Crippen molar-refractivity contribution in [2.24, 2.45) is 5.92 Å². The number of fused-ring (bicyclic) bond motifs is 1. The zero-order valence-electron chi connectivity index (χ0n) is 15.0. The third-order valence-electron chi connectivity index (χ3n) is 4.90. The molecule has 0 spiro atoms. The second-order valence-corrected chi connectivity index (χ2v) is 7.13. The fourth-order valence-corrected chi connectivity index (χ4v) is 3.12. The minimum Gasteiger partial charge on any atom is -0.370 e. The van der Waals surface area contributed by atoms with E-state index in [1.165, 1.54) is 29.4 Å². The first kappa shape index (κ1) is 16.6. The van der Waals surface area contributed by atoms with E-state index >= 15 is 0 Å². The molecule has 1 saturated carbocycles. The van der Waals surface area contributed by atoms with Gasteiger partial charge in [-0.2, -0.15) is 0 Å². The highest BCUT2D eigenvalue weighted by molar-refractivity contribution is 5.94. The summed E-state index contributed by atoms with van der Waals surface area (Å²) in [6.07, 6.45) is 7.08. The van der Waals surface area contributed by atoms with Crippen molar-refractivity contribution in [3.8, 4) is 0 Å². The molecule has 0 atom stereocenters. The standard InChI is InChI=1S/C21H24N4O/c1-14-2-6-19-18(10-14)16(12-23-19)8-9-22-21(26)17-5-7-20(25-13-17)24-11-15-3-4-15/h2,5-7,10,12-13,15,23H,3-4,8-9,11H2,1H3,(H,22,26)(H,24,25). The van der Waals surface area contributed by atoms with Crippen molar-refractivity contribution in [3.63, 3.8) is 0 Å². The summed E-state index contributed by atoms with van der Waals surface area (Å²) in [6, 6.07) is 10.1. The van der Waals surface area contributed by atoms with Crippen molar-refractivity contribution >= 4 is 22.6 Å². The first-order valence-electron chi connectivity index (χ1n) is 9.24. The number of hydrogen-bond donors (Lipinski definition) is 3. The molecule has 134 valence electrons. The maximum Gasteiger partial charge on any atom is 0.252 e. The molecule has 1 aliphatic rings. The first-order chi connectivity index (χ1) is 12.7. The summed E-state index contributed by atoms with van der Waals surface area (Å²) in [6.45, 7) is 3.66. The highest BCUT2D eigenvalue weighted by Gasteiger charge is 2.20. The van der Waals surface area contributed by atoms with E-state index in [1.54, 1.807) is 6.20 Å². The lowest BCUT2D eigenvalue weighted by molar-refractivity contribution is 0.0954. The van der Waals surface area contributed by atoms with Gasteiger partial charge in [-0.25, -0.2) is 4.98 Å². The Hall–Kier alpha value is -2.82. The number of aromatic amines is 1. The Kier molecular flexibility index (Phi) is 4.61. The van der Waals surface area contributed by atoms with E-state index in [4.69, 9.17) is 0 Å². The Morgan fingerprint density at radius 1 is 1.27 bits per heavy atom. The van der Waals surface area contributed by atoms with Crippen molar-refractivity contribution in [2.45, 2.75) is 26.2 Å². The predicted octanol–water partition coefficient (Wildman–Crippen LogP) is 3.67. The van der Waals surface area contributed by atoms with Crippen molar-refractivity contribution in [2.75, 3.05) is 18.4 Å². The monoisotopic (exact) mass is 348 g/mol. The third kappa shape index (κ3) is 3.87. The molecule has 5 nitrogen and oxygen atoms in total. The molecule has 3 aromatic rings. The lowest BCUT2D eigenvalue weighted by atomic mass is 10.1. The quantitative estimate of drug-likeness (QED) is 0.610. The maximum absolute atomic E-state index is 12.3. The number of carbonyl (C=O) groups is 1. The highest BCUT2D eigenvalue weighted by Crippen LogP contribution is 2.28. The van der Waals surface area contributed by atoms with Crippen LogP contribution in [0.2, 0.25) is 0 Å². The van der Waals surface area contributed by atoms with Crippen LogP contribution < -0.4 is 10.6 Å². The van der Waals surface area contributed by atoms with E-state index in [1.807, 2.05) is 18.3 Å². The molecule has 2 heterocycles. The normalized spacial score (nSPS) is 13.7. The SMILES string of the molecule is Cc1ccc2[nH]cc(CCNC(=O)c3ccc(NCC4CC4)nc3)c2c1. The number of pyridine rings is 1. The largest absolute Gasteiger partial charge is 0.370 e. The van der Waals surface area contributed by atoms with E-state index in [0.717, 1.165) is 30.2 Å². The van der Waals surface area contributed by atoms with Gasteiger partial charge in [-0.1, -0.05) is 11.6 Å². The van der Waals surface area contributed by atoms with Crippen molar-refractivity contribution in [3.05, 3.63) is 59.4 Å². The topological polar surface area (TPSA) is 69.8 Å². The summed E-state index contributed by atoms with van der Waals surface area (Å²) in [5.74, 6) is 1.55. The van der Waals surface area contributed by atoms with Gasteiger partial charge in [-0.05, 0) is 61.9 Å². The number of anilines is 1. The summed E-state index contributed by atoms with van der Waals surface area (Å²) in [5, 5.41) is 7.52. The average Bonchev–Trinajstić information content (AvgIpc) is 3.41. The van der Waals surface area contributed by atoms with Crippen molar-refractivity contribution in [1.29, 1.82) is 0 Å². The second kappa shape index (κ2) is 7.20. The number of aryl methyl sites for hydroxylation is 1. The fourth-order valence-electron chi connectivity index (χ4n) is 3.12. The lowest BCUT2D eigenvalue weighted by Gasteiger charge is -2.07. The van der Waals surface area contributed by atoms with Crippen LogP contribution in [0.15, 0.2) is 42.7 Å². The van der Waals surface area contributed by atoms with Gasteiger partial charge in [-0.3, -0.25) is 4.79 Å². The molecule has 0 saturated heterocycles. The molecule has 0 aliphatic heterocycles. The minimum absolute atomic E-state index is 0.0812. The summed E-state index contributed by atoms with van der Waals surface area (Å²) in [5.41, 5.74) is 4.19. The van der Waals surface area contributed by atoms with Crippen LogP contribution in [-0.2, 0) is 6.42 Å². The number of nitrogens with zero attached hydrogens (tertiary/aromatic N) is 1. The maximum atomic E-state index is 12.3. The fraction of sp³-hybridized carbons (Fsp3) is 0.333. The average molecular weight is 348 g/mol. The molecule has 0 bridgehead atoms. The highest BCUT2D eigenvalue weighted by atomic mass is 16.1. The van der Waals surface area contributed by atoms with Gasteiger partial charge in [0.2, 0.25) is 0 Å². The number of nitrogens with one attached hydrogen (secondary N) is 3. The molecule has 1 amide bonds. The van der Waals surface area contributed by atoms with Gasteiger partial charge in [0.1, 0.15) is 5.82 Å². The molecule has 1 fully saturated rings. The van der Waals surface area contributed by atoms with Crippen LogP contribution in [0.25, 0.3) is 10.9 Å². The Balaban J connectivity index is 1.30. The zero-order chi connectivity index (χ0) is 17.9. The predicted molar refractivity (Wildman–Crippen MR) is 105 cm³/mol. The number of rotatable bonds is 7. The number of hydrogen-bond acceptors (Lipinski definition) is 3. The Labute approximate surface area is 153 Å². The van der Waals surface area contributed by atoms with Gasteiger partial charge in [0, 0.05) is 36.4 Å². The van der Waals surface area contributed by atoms with Crippen LogP contribution in [-0.4, -0.2) is 29.0 Å². The second-order valence-electron chi connectivity index (χ2n) is 7.13. The number of amides is 1. The minimum atomic E-state index is -0.0812. The number of carbonyl (C=O) groups excluding carboxylic acids is 1. The van der Waals surface area contributed by atoms with E-state index in [-0.39, 0.29) is 5.91 Å². The molecule has 1 aliphatic carbocycles. The summed E-state index contributed by atoms with van der Waals surface area (Å²) in [4.78, 5) is 19.9. The van der Waals surface area contributed by atoms with Gasteiger partial charge in [0.05, 0.1) is 5.56 Å². The molecule has 0 radical (unpaired) electrons. The molecule has 3 N–H and O–H groups in total. The molecule has 2 aromatic heterocycles. The molecule has 5 heteroatoms. The van der Waals surface area contributed by atoms with Crippen molar-refractivity contribution < 1.29 is 4.79 Å². The molecule has 26 heavy (non-hydrogen) atoms. The van der Waals surface area contributed by atoms with Crippen molar-refractivity contribution in [1.82, 2.24) is 15.3 Å². The van der Waals surface area contributed by atoms with Crippen LogP contribution in [0.5, 0.6) is 0 Å². The van der Waals surface area contributed by atoms with E-state index in [9.17, 15) is 4.79 Å². The number of H-pyrrole nitrogens is 1. The van der Waals surface area contributed by atoms with Gasteiger partial charge >= 0.3 is 0 Å². The first-order valence-corrected chi connectivity index (χ1v) is 9.24. The number of aromatic nitrogens is 2. The number of benzene rings is 1. The lowest BCUT2D eigenvalue weighted by Crippen LogP contribution is -2.25. The van der Waals surface area contributed by atoms with Crippen LogP contribution >= 0.6 is 0 Å². The van der Waals surface area contributed by atoms with E-state index in [0.29, 0.717) is 12.1 Å². The van der Waals surface area contributed by atoms with E-state index < -0.39 is 0 Å². The van der Waals surface area contributed by atoms with Gasteiger partial charge in [0.15, 0.2) is 0 Å². The molecule has 0 unspecified atom stereocenters.